The Kier molecular flexibility index (Phi) is 3.82. The molecular weight excluding hydrogens is 264 g/mol. The molecule has 2 N–H and O–H groups in total. The molecule has 1 aliphatic rings. The summed E-state index contributed by atoms with van der Waals surface area (Å²) in [6, 6.07) is 4.98. The quantitative estimate of drug-likeness (QED) is 0.895. The van der Waals surface area contributed by atoms with Crippen LogP contribution in [-0.4, -0.2) is 22.5 Å². The number of carbonyl (C=O) groups excluding carboxylic acids is 1. The van der Waals surface area contributed by atoms with Crippen molar-refractivity contribution in [1.29, 1.82) is 0 Å². The van der Waals surface area contributed by atoms with Crippen LogP contribution in [0.1, 0.15) is 36.8 Å². The van der Waals surface area contributed by atoms with Crippen LogP contribution in [0.5, 0.6) is 0 Å². The van der Waals surface area contributed by atoms with E-state index >= 15 is 0 Å². The van der Waals surface area contributed by atoms with E-state index in [1.165, 1.54) is 0 Å². The Bertz CT molecular complexity index is 523. The monoisotopic (exact) mass is 283 g/mol. The van der Waals surface area contributed by atoms with E-state index in [9.17, 15) is 18.7 Å². The van der Waals surface area contributed by atoms with Crippen LogP contribution >= 0.6 is 0 Å². The number of aliphatic hydroxyl groups is 1. The first-order chi connectivity index (χ1) is 9.26. The highest BCUT2D eigenvalue weighted by molar-refractivity contribution is 5.97. The van der Waals surface area contributed by atoms with Crippen molar-refractivity contribution >= 4 is 11.6 Å². The van der Waals surface area contributed by atoms with E-state index in [0.717, 1.165) is 11.1 Å². The molecule has 1 aromatic carbocycles. The number of amides is 1. The molecule has 0 bridgehead atoms. The van der Waals surface area contributed by atoms with E-state index in [1.54, 1.807) is 18.2 Å². The minimum absolute atomic E-state index is 0.0413. The van der Waals surface area contributed by atoms with Gasteiger partial charge in [-0.15, -0.1) is 0 Å². The molecule has 1 aromatic rings. The number of alkyl halides is 2. The lowest BCUT2D eigenvalue weighted by molar-refractivity contribution is -0.185. The molecule has 0 saturated heterocycles. The van der Waals surface area contributed by atoms with Gasteiger partial charge in [-0.1, -0.05) is 18.9 Å². The van der Waals surface area contributed by atoms with Gasteiger partial charge < -0.3 is 10.4 Å². The molecule has 2 rings (SSSR count). The summed E-state index contributed by atoms with van der Waals surface area (Å²) in [4.78, 5) is 11.8. The topological polar surface area (TPSA) is 49.3 Å². The largest absolute Gasteiger partial charge is 0.383 e. The van der Waals surface area contributed by atoms with Crippen LogP contribution in [0.15, 0.2) is 18.2 Å². The number of halogens is 2. The second-order valence-electron chi connectivity index (χ2n) is 5.57. The minimum Gasteiger partial charge on any atom is -0.383 e. The Morgan fingerprint density at radius 1 is 1.25 bits per heavy atom. The SMILES string of the molecule is Cc1ccc(NC(=O)C(F)(F)C2(O)CCCC2)cc1C. The maximum atomic E-state index is 14.1. The predicted octanol–water partition coefficient (Wildman–Crippen LogP) is 3.18. The van der Waals surface area contributed by atoms with Crippen molar-refractivity contribution < 1.29 is 18.7 Å². The molecule has 1 fully saturated rings. The second kappa shape index (κ2) is 5.13. The first kappa shape index (κ1) is 14.9. The lowest BCUT2D eigenvalue weighted by atomic mass is 9.93. The van der Waals surface area contributed by atoms with Crippen molar-refractivity contribution in [3.63, 3.8) is 0 Å². The molecule has 0 unspecified atom stereocenters. The van der Waals surface area contributed by atoms with E-state index in [2.05, 4.69) is 5.32 Å². The summed E-state index contributed by atoms with van der Waals surface area (Å²) in [5, 5.41) is 12.2. The van der Waals surface area contributed by atoms with Crippen molar-refractivity contribution in [3.8, 4) is 0 Å². The molecule has 0 heterocycles. The summed E-state index contributed by atoms with van der Waals surface area (Å²) in [6.07, 6.45) is 0.951. The van der Waals surface area contributed by atoms with Gasteiger partial charge in [-0.3, -0.25) is 4.79 Å². The van der Waals surface area contributed by atoms with Crippen LogP contribution in [0.3, 0.4) is 0 Å². The zero-order valence-corrected chi connectivity index (χ0v) is 11.7. The fourth-order valence-corrected chi connectivity index (χ4v) is 2.51. The number of anilines is 1. The number of aryl methyl sites for hydroxylation is 2. The van der Waals surface area contributed by atoms with Gasteiger partial charge in [0, 0.05) is 5.69 Å². The van der Waals surface area contributed by atoms with Crippen LogP contribution < -0.4 is 5.32 Å². The second-order valence-corrected chi connectivity index (χ2v) is 5.57. The maximum Gasteiger partial charge on any atom is 0.352 e. The highest BCUT2D eigenvalue weighted by atomic mass is 19.3. The third-order valence-corrected chi connectivity index (χ3v) is 4.07. The van der Waals surface area contributed by atoms with Crippen LogP contribution in [0.2, 0.25) is 0 Å². The molecule has 0 aliphatic heterocycles. The summed E-state index contributed by atoms with van der Waals surface area (Å²) in [5.74, 6) is -5.22. The predicted molar refractivity (Wildman–Crippen MR) is 72.9 cm³/mol. The van der Waals surface area contributed by atoms with Gasteiger partial charge in [0.1, 0.15) is 5.60 Å². The molecule has 1 saturated carbocycles. The number of rotatable bonds is 3. The van der Waals surface area contributed by atoms with Crippen LogP contribution in [0.25, 0.3) is 0 Å². The lowest BCUT2D eigenvalue weighted by Crippen LogP contribution is -2.53. The van der Waals surface area contributed by atoms with Gasteiger partial charge in [-0.2, -0.15) is 8.78 Å². The smallest absolute Gasteiger partial charge is 0.352 e. The fraction of sp³-hybridized carbons (Fsp3) is 0.533. The van der Waals surface area contributed by atoms with Gasteiger partial charge in [0.2, 0.25) is 0 Å². The summed E-state index contributed by atoms with van der Waals surface area (Å²) < 4.78 is 28.2. The van der Waals surface area contributed by atoms with E-state index < -0.39 is 17.4 Å². The molecule has 0 spiro atoms. The Balaban J connectivity index is 2.16. The Morgan fingerprint density at radius 3 is 2.40 bits per heavy atom. The average molecular weight is 283 g/mol. The zero-order valence-electron chi connectivity index (χ0n) is 11.7. The van der Waals surface area contributed by atoms with Gasteiger partial charge in [0.25, 0.3) is 5.91 Å². The van der Waals surface area contributed by atoms with Gasteiger partial charge in [0.15, 0.2) is 0 Å². The minimum atomic E-state index is -3.78. The summed E-state index contributed by atoms with van der Waals surface area (Å²) in [6.45, 7) is 3.74. The van der Waals surface area contributed by atoms with Crippen molar-refractivity contribution in [2.24, 2.45) is 0 Å². The van der Waals surface area contributed by atoms with Crippen molar-refractivity contribution in [2.75, 3.05) is 5.32 Å². The molecule has 110 valence electrons. The van der Waals surface area contributed by atoms with Gasteiger partial charge in [-0.25, -0.2) is 0 Å². The molecule has 0 atom stereocenters. The Hall–Kier alpha value is -1.49. The maximum absolute atomic E-state index is 14.1. The van der Waals surface area contributed by atoms with Gasteiger partial charge in [-0.05, 0) is 49.9 Å². The number of benzene rings is 1. The number of carbonyl (C=O) groups is 1. The highest BCUT2D eigenvalue weighted by Crippen LogP contribution is 2.42. The van der Waals surface area contributed by atoms with Crippen LogP contribution in [0, 0.1) is 13.8 Å². The van der Waals surface area contributed by atoms with Gasteiger partial charge >= 0.3 is 5.92 Å². The number of hydrogen-bond acceptors (Lipinski definition) is 2. The first-order valence-corrected chi connectivity index (χ1v) is 6.75. The molecular formula is C15H19F2NO2. The number of nitrogens with one attached hydrogen (secondary N) is 1. The highest BCUT2D eigenvalue weighted by Gasteiger charge is 2.59. The van der Waals surface area contributed by atoms with E-state index in [4.69, 9.17) is 0 Å². The standard InChI is InChI=1S/C15H19F2NO2/c1-10-5-6-12(9-11(10)2)18-13(19)15(16,17)14(20)7-3-4-8-14/h5-6,9,20H,3-4,7-8H2,1-2H3,(H,18,19). The summed E-state index contributed by atoms with van der Waals surface area (Å²) in [7, 11) is 0. The zero-order chi connectivity index (χ0) is 15.0. The van der Waals surface area contributed by atoms with E-state index in [-0.39, 0.29) is 12.8 Å². The van der Waals surface area contributed by atoms with Crippen molar-refractivity contribution in [2.45, 2.75) is 51.1 Å². The van der Waals surface area contributed by atoms with Crippen molar-refractivity contribution in [3.05, 3.63) is 29.3 Å². The molecule has 20 heavy (non-hydrogen) atoms. The molecule has 1 amide bonds. The first-order valence-electron chi connectivity index (χ1n) is 6.75. The summed E-state index contributed by atoms with van der Waals surface area (Å²) >= 11 is 0. The molecule has 3 nitrogen and oxygen atoms in total. The molecule has 5 heteroatoms. The van der Waals surface area contributed by atoms with E-state index in [1.807, 2.05) is 13.8 Å². The van der Waals surface area contributed by atoms with Crippen molar-refractivity contribution in [1.82, 2.24) is 0 Å². The Labute approximate surface area is 117 Å². The summed E-state index contributed by atoms with van der Waals surface area (Å²) in [5.41, 5.74) is 0.0332. The van der Waals surface area contributed by atoms with E-state index in [0.29, 0.717) is 18.5 Å². The average Bonchev–Trinajstić information content (AvgIpc) is 2.82. The Morgan fingerprint density at radius 2 is 1.85 bits per heavy atom. The fourth-order valence-electron chi connectivity index (χ4n) is 2.51. The molecule has 0 radical (unpaired) electrons. The van der Waals surface area contributed by atoms with Crippen LogP contribution in [0.4, 0.5) is 14.5 Å². The third-order valence-electron chi connectivity index (χ3n) is 4.07. The lowest BCUT2D eigenvalue weighted by Gasteiger charge is -2.30. The van der Waals surface area contributed by atoms with Crippen LogP contribution in [-0.2, 0) is 4.79 Å². The third kappa shape index (κ3) is 2.54. The molecule has 0 aromatic heterocycles. The molecule has 1 aliphatic carbocycles. The van der Waals surface area contributed by atoms with Gasteiger partial charge in [0.05, 0.1) is 0 Å². The normalized spacial score (nSPS) is 18.1. The number of hydrogen-bond donors (Lipinski definition) is 2.